The molecular formula is C9H10F2N2O3. The number of aromatic nitrogens is 1. The Morgan fingerprint density at radius 3 is 2.81 bits per heavy atom. The van der Waals surface area contributed by atoms with Crippen LogP contribution in [0.3, 0.4) is 0 Å². The summed E-state index contributed by atoms with van der Waals surface area (Å²) >= 11 is 0. The molecule has 0 radical (unpaired) electrons. The maximum absolute atomic E-state index is 12.5. The first-order valence-corrected chi connectivity index (χ1v) is 4.42. The quantitative estimate of drug-likeness (QED) is 0.771. The van der Waals surface area contributed by atoms with Gasteiger partial charge < -0.3 is 15.6 Å². The number of carbonyl (C=O) groups excluding carboxylic acids is 1. The number of hydrogen-bond donors (Lipinski definition) is 2. The lowest BCUT2D eigenvalue weighted by atomic mass is 10.2. The van der Waals surface area contributed by atoms with E-state index in [-0.39, 0.29) is 6.61 Å². The fraction of sp³-hybridized carbons (Fsp3) is 0.333. The number of carbonyl (C=O) groups is 1. The Kier molecular flexibility index (Phi) is 3.60. The Hall–Kier alpha value is -1.92. The minimum atomic E-state index is -2.97. The van der Waals surface area contributed by atoms with Crippen molar-refractivity contribution in [2.75, 3.05) is 12.3 Å². The SMILES string of the molecule is CCOC(=O)c1cc(O)c(N)nc1C(F)F. The number of hydrogen-bond acceptors (Lipinski definition) is 5. The lowest BCUT2D eigenvalue weighted by Gasteiger charge is -2.09. The number of nitrogens with two attached hydrogens (primary N) is 1. The summed E-state index contributed by atoms with van der Waals surface area (Å²) in [6.45, 7) is 1.57. The molecule has 0 aromatic carbocycles. The molecular weight excluding hydrogens is 222 g/mol. The number of pyridine rings is 1. The second-order valence-electron chi connectivity index (χ2n) is 2.85. The number of rotatable bonds is 3. The third-order valence-electron chi connectivity index (χ3n) is 1.76. The van der Waals surface area contributed by atoms with Gasteiger partial charge in [-0.1, -0.05) is 0 Å². The van der Waals surface area contributed by atoms with Gasteiger partial charge in [0.25, 0.3) is 6.43 Å². The van der Waals surface area contributed by atoms with Crippen LogP contribution in [-0.4, -0.2) is 22.7 Å². The van der Waals surface area contributed by atoms with Crippen LogP contribution < -0.4 is 5.73 Å². The largest absolute Gasteiger partial charge is 0.504 e. The molecule has 5 nitrogen and oxygen atoms in total. The third-order valence-corrected chi connectivity index (χ3v) is 1.76. The van der Waals surface area contributed by atoms with Gasteiger partial charge >= 0.3 is 5.97 Å². The van der Waals surface area contributed by atoms with E-state index >= 15 is 0 Å². The van der Waals surface area contributed by atoms with Crippen LogP contribution in [0.2, 0.25) is 0 Å². The van der Waals surface area contributed by atoms with Crippen LogP contribution in [0.5, 0.6) is 5.75 Å². The van der Waals surface area contributed by atoms with Crippen molar-refractivity contribution in [2.45, 2.75) is 13.3 Å². The number of halogens is 2. The summed E-state index contributed by atoms with van der Waals surface area (Å²) in [6.07, 6.45) is -2.97. The van der Waals surface area contributed by atoms with Crippen LogP contribution in [-0.2, 0) is 4.74 Å². The van der Waals surface area contributed by atoms with Gasteiger partial charge in [-0.25, -0.2) is 18.6 Å². The second kappa shape index (κ2) is 4.73. The van der Waals surface area contributed by atoms with Crippen LogP contribution in [0.25, 0.3) is 0 Å². The molecule has 0 atom stereocenters. The molecule has 3 N–H and O–H groups in total. The van der Waals surface area contributed by atoms with Gasteiger partial charge in [0.05, 0.1) is 12.2 Å². The predicted octanol–water partition coefficient (Wildman–Crippen LogP) is 1.48. The molecule has 1 heterocycles. The average Bonchev–Trinajstić information content (AvgIpc) is 2.21. The van der Waals surface area contributed by atoms with Gasteiger partial charge in [0.1, 0.15) is 5.69 Å². The van der Waals surface area contributed by atoms with Gasteiger partial charge in [0, 0.05) is 6.07 Å². The van der Waals surface area contributed by atoms with E-state index in [1.54, 1.807) is 0 Å². The molecule has 0 saturated carbocycles. The van der Waals surface area contributed by atoms with E-state index in [9.17, 15) is 18.7 Å². The van der Waals surface area contributed by atoms with Crippen molar-refractivity contribution in [3.05, 3.63) is 17.3 Å². The van der Waals surface area contributed by atoms with Gasteiger partial charge in [-0.3, -0.25) is 0 Å². The molecule has 88 valence electrons. The van der Waals surface area contributed by atoms with Crippen molar-refractivity contribution < 1.29 is 23.4 Å². The summed E-state index contributed by atoms with van der Waals surface area (Å²) in [6, 6.07) is 0.821. The highest BCUT2D eigenvalue weighted by Gasteiger charge is 2.23. The van der Waals surface area contributed by atoms with Crippen molar-refractivity contribution >= 4 is 11.8 Å². The van der Waals surface area contributed by atoms with Crippen LogP contribution in [0.15, 0.2) is 6.07 Å². The Labute approximate surface area is 89.9 Å². The first-order chi connectivity index (χ1) is 7.47. The molecule has 16 heavy (non-hydrogen) atoms. The third kappa shape index (κ3) is 2.36. The van der Waals surface area contributed by atoms with Gasteiger partial charge in [0.15, 0.2) is 11.6 Å². The highest BCUT2D eigenvalue weighted by Crippen LogP contribution is 2.28. The van der Waals surface area contributed by atoms with E-state index in [1.165, 1.54) is 6.92 Å². The summed E-state index contributed by atoms with van der Waals surface area (Å²) in [5.41, 5.74) is 3.87. The molecule has 1 rings (SSSR count). The van der Waals surface area contributed by atoms with Crippen molar-refractivity contribution in [1.82, 2.24) is 4.98 Å². The molecule has 0 aliphatic rings. The van der Waals surface area contributed by atoms with Crippen LogP contribution in [0.1, 0.15) is 29.4 Å². The van der Waals surface area contributed by atoms with Crippen molar-refractivity contribution in [3.8, 4) is 5.75 Å². The Morgan fingerprint density at radius 1 is 1.69 bits per heavy atom. The van der Waals surface area contributed by atoms with E-state index in [2.05, 4.69) is 9.72 Å². The Balaban J connectivity index is 3.24. The van der Waals surface area contributed by atoms with Gasteiger partial charge in [0.2, 0.25) is 0 Å². The van der Waals surface area contributed by atoms with Crippen LogP contribution in [0.4, 0.5) is 14.6 Å². The molecule has 0 unspecified atom stereocenters. The maximum atomic E-state index is 12.5. The molecule has 1 aromatic heterocycles. The topological polar surface area (TPSA) is 85.4 Å². The number of nitrogens with zero attached hydrogens (tertiary/aromatic N) is 1. The van der Waals surface area contributed by atoms with Crippen molar-refractivity contribution in [2.24, 2.45) is 0 Å². The fourth-order valence-electron chi connectivity index (χ4n) is 1.07. The molecule has 0 aliphatic heterocycles. The Bertz CT molecular complexity index is 410. The van der Waals surface area contributed by atoms with Gasteiger partial charge in [-0.15, -0.1) is 0 Å². The van der Waals surface area contributed by atoms with Crippen LogP contribution in [0, 0.1) is 0 Å². The molecule has 0 saturated heterocycles. The van der Waals surface area contributed by atoms with Crippen molar-refractivity contribution in [1.29, 1.82) is 0 Å². The maximum Gasteiger partial charge on any atom is 0.340 e. The zero-order valence-electron chi connectivity index (χ0n) is 8.41. The van der Waals surface area contributed by atoms with E-state index in [0.717, 1.165) is 6.07 Å². The highest BCUT2D eigenvalue weighted by atomic mass is 19.3. The smallest absolute Gasteiger partial charge is 0.340 e. The first-order valence-electron chi connectivity index (χ1n) is 4.42. The molecule has 0 aliphatic carbocycles. The minimum Gasteiger partial charge on any atom is -0.504 e. The molecule has 0 amide bonds. The van der Waals surface area contributed by atoms with Crippen molar-refractivity contribution in [3.63, 3.8) is 0 Å². The number of esters is 1. The summed E-state index contributed by atoms with van der Waals surface area (Å²) in [5, 5.41) is 9.18. The summed E-state index contributed by atoms with van der Waals surface area (Å²) in [5.74, 6) is -1.96. The molecule has 0 fully saturated rings. The normalized spacial score (nSPS) is 10.5. The zero-order chi connectivity index (χ0) is 12.3. The average molecular weight is 232 g/mol. The predicted molar refractivity (Wildman–Crippen MR) is 51.2 cm³/mol. The molecule has 7 heteroatoms. The number of ether oxygens (including phenoxy) is 1. The minimum absolute atomic E-state index is 0.0344. The van der Waals surface area contributed by atoms with Crippen LogP contribution >= 0.6 is 0 Å². The van der Waals surface area contributed by atoms with Gasteiger partial charge in [-0.2, -0.15) is 0 Å². The molecule has 0 bridgehead atoms. The standard InChI is InChI=1S/C9H10F2N2O3/c1-2-16-9(15)4-3-5(14)8(12)13-6(4)7(10)11/h3,7,14H,2H2,1H3,(H2,12,13). The van der Waals surface area contributed by atoms with E-state index in [4.69, 9.17) is 5.73 Å². The summed E-state index contributed by atoms with van der Waals surface area (Å²) in [7, 11) is 0. The highest BCUT2D eigenvalue weighted by molar-refractivity contribution is 5.91. The first kappa shape index (κ1) is 12.2. The number of anilines is 1. The number of alkyl halides is 2. The van der Waals surface area contributed by atoms with E-state index in [1.807, 2.05) is 0 Å². The fourth-order valence-corrected chi connectivity index (χ4v) is 1.07. The number of aromatic hydroxyl groups is 1. The monoisotopic (exact) mass is 232 g/mol. The van der Waals surface area contributed by atoms with Gasteiger partial charge in [-0.05, 0) is 6.92 Å². The van der Waals surface area contributed by atoms with E-state index in [0.29, 0.717) is 0 Å². The summed E-state index contributed by atoms with van der Waals surface area (Å²) < 4.78 is 29.6. The van der Waals surface area contributed by atoms with E-state index < -0.39 is 35.2 Å². The summed E-state index contributed by atoms with van der Waals surface area (Å²) in [4.78, 5) is 14.5. The number of nitrogen functional groups attached to an aromatic ring is 1. The molecule has 1 aromatic rings. The zero-order valence-corrected chi connectivity index (χ0v) is 8.41. The second-order valence-corrected chi connectivity index (χ2v) is 2.85. The lowest BCUT2D eigenvalue weighted by Crippen LogP contribution is -2.11. The lowest BCUT2D eigenvalue weighted by molar-refractivity contribution is 0.0513. The Morgan fingerprint density at radius 2 is 2.31 bits per heavy atom. The molecule has 0 spiro atoms.